The Balaban J connectivity index is 2.14. The maximum absolute atomic E-state index is 12.8. The van der Waals surface area contributed by atoms with Gasteiger partial charge in [-0.2, -0.15) is 5.26 Å². The van der Waals surface area contributed by atoms with E-state index in [2.05, 4.69) is 6.07 Å². The van der Waals surface area contributed by atoms with E-state index in [4.69, 9.17) is 14.7 Å². The van der Waals surface area contributed by atoms with E-state index in [1.54, 1.807) is 4.90 Å². The zero-order valence-corrected chi connectivity index (χ0v) is 16.4. The molecule has 0 atom stereocenters. The SMILES string of the molecule is CCOc1ccc(N(CCC#N)C(=O)COc2c(C)cc(C)cc2C)cc1. The summed E-state index contributed by atoms with van der Waals surface area (Å²) >= 11 is 0. The molecule has 0 aliphatic carbocycles. The number of benzene rings is 2. The fourth-order valence-electron chi connectivity index (χ4n) is 3.05. The third-order valence-corrected chi connectivity index (χ3v) is 4.15. The molecule has 0 aromatic heterocycles. The van der Waals surface area contributed by atoms with Crippen LogP contribution >= 0.6 is 0 Å². The Labute approximate surface area is 161 Å². The van der Waals surface area contributed by atoms with Crippen LogP contribution in [0.3, 0.4) is 0 Å². The number of hydrogen-bond acceptors (Lipinski definition) is 4. The quantitative estimate of drug-likeness (QED) is 0.697. The first kappa shape index (κ1) is 20.3. The number of carbonyl (C=O) groups excluding carboxylic acids is 1. The van der Waals surface area contributed by atoms with E-state index < -0.39 is 0 Å². The van der Waals surface area contributed by atoms with Crippen LogP contribution < -0.4 is 14.4 Å². The van der Waals surface area contributed by atoms with Crippen LogP contribution in [0.1, 0.15) is 30.0 Å². The van der Waals surface area contributed by atoms with Gasteiger partial charge < -0.3 is 14.4 Å². The molecule has 2 aromatic carbocycles. The van der Waals surface area contributed by atoms with Crippen molar-refractivity contribution in [3.63, 3.8) is 0 Å². The molecular weight excluding hydrogens is 340 g/mol. The van der Waals surface area contributed by atoms with Gasteiger partial charge in [0.15, 0.2) is 6.61 Å². The summed E-state index contributed by atoms with van der Waals surface area (Å²) in [5.41, 5.74) is 3.89. The molecule has 0 bridgehead atoms. The van der Waals surface area contributed by atoms with E-state index in [1.807, 2.05) is 64.1 Å². The second kappa shape index (κ2) is 9.63. The first-order chi connectivity index (χ1) is 13.0. The number of nitrogens with zero attached hydrogens (tertiary/aromatic N) is 2. The normalized spacial score (nSPS) is 10.2. The summed E-state index contributed by atoms with van der Waals surface area (Å²) in [5, 5.41) is 8.93. The minimum absolute atomic E-state index is 0.0800. The van der Waals surface area contributed by atoms with Crippen LogP contribution in [0, 0.1) is 32.1 Å². The van der Waals surface area contributed by atoms with E-state index in [1.165, 1.54) is 0 Å². The molecule has 0 aliphatic rings. The van der Waals surface area contributed by atoms with Gasteiger partial charge in [-0.1, -0.05) is 17.7 Å². The monoisotopic (exact) mass is 366 g/mol. The van der Waals surface area contributed by atoms with Crippen molar-refractivity contribution >= 4 is 11.6 Å². The Bertz CT molecular complexity index is 799. The molecule has 142 valence electrons. The van der Waals surface area contributed by atoms with Crippen molar-refractivity contribution in [3.05, 3.63) is 53.1 Å². The van der Waals surface area contributed by atoms with Crippen molar-refractivity contribution in [2.75, 3.05) is 24.7 Å². The minimum atomic E-state index is -0.186. The van der Waals surface area contributed by atoms with E-state index in [-0.39, 0.29) is 18.9 Å². The van der Waals surface area contributed by atoms with Crippen LogP contribution in [0.2, 0.25) is 0 Å². The molecule has 5 heteroatoms. The number of nitriles is 1. The Morgan fingerprint density at radius 3 is 2.26 bits per heavy atom. The standard InChI is InChI=1S/C22H26N2O3/c1-5-26-20-9-7-19(8-10-20)24(12-6-11-23)21(25)15-27-22-17(3)13-16(2)14-18(22)4/h7-10,13-14H,5-6,12,15H2,1-4H3. The number of amides is 1. The summed E-state index contributed by atoms with van der Waals surface area (Å²) < 4.78 is 11.3. The van der Waals surface area contributed by atoms with Crippen LogP contribution in [0.25, 0.3) is 0 Å². The number of rotatable bonds is 8. The lowest BCUT2D eigenvalue weighted by Gasteiger charge is -2.23. The molecule has 0 radical (unpaired) electrons. The topological polar surface area (TPSA) is 62.6 Å². The maximum Gasteiger partial charge on any atom is 0.264 e. The number of carbonyl (C=O) groups is 1. The fourth-order valence-corrected chi connectivity index (χ4v) is 3.05. The fraction of sp³-hybridized carbons (Fsp3) is 0.364. The molecule has 0 saturated heterocycles. The van der Waals surface area contributed by atoms with Gasteiger partial charge in [0, 0.05) is 12.2 Å². The summed E-state index contributed by atoms with van der Waals surface area (Å²) in [4.78, 5) is 14.4. The molecule has 2 aromatic rings. The minimum Gasteiger partial charge on any atom is -0.494 e. The molecule has 0 saturated carbocycles. The van der Waals surface area contributed by atoms with Crippen LogP contribution in [-0.2, 0) is 4.79 Å². The van der Waals surface area contributed by atoms with Crippen molar-refractivity contribution < 1.29 is 14.3 Å². The Hall–Kier alpha value is -3.00. The van der Waals surface area contributed by atoms with Crippen molar-refractivity contribution in [2.24, 2.45) is 0 Å². The van der Waals surface area contributed by atoms with Crippen LogP contribution in [-0.4, -0.2) is 25.7 Å². The highest BCUT2D eigenvalue weighted by atomic mass is 16.5. The zero-order valence-electron chi connectivity index (χ0n) is 16.4. The second-order valence-electron chi connectivity index (χ2n) is 6.40. The lowest BCUT2D eigenvalue weighted by molar-refractivity contribution is -0.120. The van der Waals surface area contributed by atoms with Crippen molar-refractivity contribution in [1.29, 1.82) is 5.26 Å². The number of ether oxygens (including phenoxy) is 2. The molecule has 1 amide bonds. The Morgan fingerprint density at radius 1 is 1.07 bits per heavy atom. The summed E-state index contributed by atoms with van der Waals surface area (Å²) in [5.74, 6) is 1.30. The van der Waals surface area contributed by atoms with Crippen LogP contribution in [0.15, 0.2) is 36.4 Å². The highest BCUT2D eigenvalue weighted by Gasteiger charge is 2.17. The highest BCUT2D eigenvalue weighted by molar-refractivity contribution is 5.94. The highest BCUT2D eigenvalue weighted by Crippen LogP contribution is 2.25. The van der Waals surface area contributed by atoms with Gasteiger partial charge in [-0.3, -0.25) is 4.79 Å². The predicted molar refractivity (Wildman–Crippen MR) is 106 cm³/mol. The molecule has 0 unspecified atom stereocenters. The average molecular weight is 366 g/mol. The summed E-state index contributed by atoms with van der Waals surface area (Å²) in [6, 6.07) is 13.4. The number of aryl methyl sites for hydroxylation is 3. The molecule has 0 fully saturated rings. The molecule has 5 nitrogen and oxygen atoms in total. The molecule has 0 aliphatic heterocycles. The van der Waals surface area contributed by atoms with Gasteiger partial charge in [-0.25, -0.2) is 0 Å². The molecular formula is C22H26N2O3. The molecule has 2 rings (SSSR count). The summed E-state index contributed by atoms with van der Waals surface area (Å²) in [6.07, 6.45) is 0.252. The van der Waals surface area contributed by atoms with Crippen molar-refractivity contribution in [1.82, 2.24) is 0 Å². The molecule has 27 heavy (non-hydrogen) atoms. The third-order valence-electron chi connectivity index (χ3n) is 4.15. The maximum atomic E-state index is 12.8. The van der Waals surface area contributed by atoms with E-state index in [0.29, 0.717) is 13.2 Å². The van der Waals surface area contributed by atoms with E-state index in [9.17, 15) is 4.79 Å². The van der Waals surface area contributed by atoms with Gasteiger partial charge in [-0.05, 0) is 63.1 Å². The van der Waals surface area contributed by atoms with E-state index >= 15 is 0 Å². The van der Waals surface area contributed by atoms with Gasteiger partial charge in [-0.15, -0.1) is 0 Å². The van der Waals surface area contributed by atoms with Gasteiger partial charge in [0.25, 0.3) is 5.91 Å². The predicted octanol–water partition coefficient (Wildman–Crippen LogP) is 4.34. The number of hydrogen-bond donors (Lipinski definition) is 0. The molecule has 0 N–H and O–H groups in total. The Kier molecular flexibility index (Phi) is 7.25. The molecule has 0 spiro atoms. The molecule has 0 heterocycles. The average Bonchev–Trinajstić information content (AvgIpc) is 2.62. The summed E-state index contributed by atoms with van der Waals surface area (Å²) in [6.45, 7) is 8.72. The van der Waals surface area contributed by atoms with Gasteiger partial charge in [0.1, 0.15) is 11.5 Å². The van der Waals surface area contributed by atoms with Crippen LogP contribution in [0.5, 0.6) is 11.5 Å². The lowest BCUT2D eigenvalue weighted by atomic mass is 10.1. The van der Waals surface area contributed by atoms with Crippen molar-refractivity contribution in [2.45, 2.75) is 34.1 Å². The van der Waals surface area contributed by atoms with Gasteiger partial charge in [0.2, 0.25) is 0 Å². The smallest absolute Gasteiger partial charge is 0.264 e. The number of anilines is 1. The first-order valence-electron chi connectivity index (χ1n) is 9.07. The summed E-state index contributed by atoms with van der Waals surface area (Å²) in [7, 11) is 0. The Morgan fingerprint density at radius 2 is 1.70 bits per heavy atom. The van der Waals surface area contributed by atoms with Gasteiger partial charge >= 0.3 is 0 Å². The largest absolute Gasteiger partial charge is 0.494 e. The van der Waals surface area contributed by atoms with E-state index in [0.717, 1.165) is 33.9 Å². The first-order valence-corrected chi connectivity index (χ1v) is 9.07. The second-order valence-corrected chi connectivity index (χ2v) is 6.40. The van der Waals surface area contributed by atoms with Crippen molar-refractivity contribution in [3.8, 4) is 17.6 Å². The lowest BCUT2D eigenvalue weighted by Crippen LogP contribution is -2.35. The third kappa shape index (κ3) is 5.49. The zero-order chi connectivity index (χ0) is 19.8. The van der Waals surface area contributed by atoms with Crippen LogP contribution in [0.4, 0.5) is 5.69 Å². The van der Waals surface area contributed by atoms with Gasteiger partial charge in [0.05, 0.1) is 19.1 Å².